The van der Waals surface area contributed by atoms with Crippen molar-refractivity contribution in [1.29, 1.82) is 0 Å². The molecule has 2 heterocycles. The summed E-state index contributed by atoms with van der Waals surface area (Å²) < 4.78 is 12.1. The highest BCUT2D eigenvalue weighted by Crippen LogP contribution is 2.38. The van der Waals surface area contributed by atoms with E-state index in [0.717, 1.165) is 43.9 Å². The summed E-state index contributed by atoms with van der Waals surface area (Å²) in [5.41, 5.74) is 2.05. The van der Waals surface area contributed by atoms with Crippen LogP contribution in [0, 0.1) is 0 Å². The summed E-state index contributed by atoms with van der Waals surface area (Å²) in [6, 6.07) is 11.8. The molecule has 6 heteroatoms. The lowest BCUT2D eigenvalue weighted by molar-refractivity contribution is 0.274. The third-order valence-corrected chi connectivity index (χ3v) is 5.09. The number of rotatable bonds is 3. The van der Waals surface area contributed by atoms with Crippen molar-refractivity contribution in [2.24, 2.45) is 0 Å². The molecule has 0 saturated heterocycles. The number of hydrogen-bond acceptors (Lipinski definition) is 5. The zero-order valence-corrected chi connectivity index (χ0v) is 14.1. The van der Waals surface area contributed by atoms with E-state index >= 15 is 0 Å². The van der Waals surface area contributed by atoms with Crippen molar-refractivity contribution in [2.45, 2.75) is 12.5 Å². The molecule has 1 aromatic heterocycles. The van der Waals surface area contributed by atoms with Crippen molar-refractivity contribution in [1.82, 2.24) is 4.98 Å². The van der Waals surface area contributed by atoms with Gasteiger partial charge in [-0.1, -0.05) is 22.9 Å². The van der Waals surface area contributed by atoms with Crippen LogP contribution in [0.1, 0.15) is 18.0 Å². The molecular weight excluding hydrogens is 332 g/mol. The van der Waals surface area contributed by atoms with Gasteiger partial charge in [0.15, 0.2) is 5.13 Å². The van der Waals surface area contributed by atoms with E-state index in [1.807, 2.05) is 36.4 Å². The second-order valence-electron chi connectivity index (χ2n) is 5.37. The molecule has 0 amide bonds. The topological polar surface area (TPSA) is 43.4 Å². The minimum Gasteiger partial charge on any atom is -0.497 e. The summed E-state index contributed by atoms with van der Waals surface area (Å²) in [5, 5.41) is 5.13. The highest BCUT2D eigenvalue weighted by molar-refractivity contribution is 7.22. The van der Waals surface area contributed by atoms with Crippen molar-refractivity contribution >= 4 is 38.3 Å². The van der Waals surface area contributed by atoms with E-state index in [1.54, 1.807) is 18.4 Å². The molecule has 4 nitrogen and oxygen atoms in total. The SMILES string of the molecule is COc1ccc2nc(NC3CCOc4ccc(Cl)cc43)sc2c1. The van der Waals surface area contributed by atoms with Crippen molar-refractivity contribution in [3.8, 4) is 11.5 Å². The Hall–Kier alpha value is -1.98. The van der Waals surface area contributed by atoms with Crippen LogP contribution in [0.5, 0.6) is 11.5 Å². The average molecular weight is 347 g/mol. The lowest BCUT2D eigenvalue weighted by Crippen LogP contribution is -2.20. The molecule has 1 aliphatic rings. The number of fused-ring (bicyclic) bond motifs is 2. The first-order valence-corrected chi connectivity index (χ1v) is 8.56. The Morgan fingerprint density at radius 1 is 1.30 bits per heavy atom. The molecule has 3 aromatic rings. The fourth-order valence-corrected chi connectivity index (χ4v) is 3.89. The standard InChI is InChI=1S/C17H15ClN2O2S/c1-21-11-3-4-14-16(9-11)23-17(20-14)19-13-6-7-22-15-5-2-10(18)8-12(13)15/h2-5,8-9,13H,6-7H2,1H3,(H,19,20). The molecule has 1 aliphatic heterocycles. The van der Waals surface area contributed by atoms with E-state index in [1.165, 1.54) is 0 Å². The molecule has 1 atom stereocenters. The Bertz CT molecular complexity index is 865. The second-order valence-corrected chi connectivity index (χ2v) is 6.84. The summed E-state index contributed by atoms with van der Waals surface area (Å²) in [7, 11) is 1.67. The van der Waals surface area contributed by atoms with Crippen LogP contribution in [-0.2, 0) is 0 Å². The molecule has 1 N–H and O–H groups in total. The van der Waals surface area contributed by atoms with Gasteiger partial charge in [0, 0.05) is 17.0 Å². The molecule has 118 valence electrons. The molecule has 0 spiro atoms. The van der Waals surface area contributed by atoms with Crippen LogP contribution in [0.3, 0.4) is 0 Å². The van der Waals surface area contributed by atoms with Crippen LogP contribution in [0.4, 0.5) is 5.13 Å². The molecular formula is C17H15ClN2O2S. The molecule has 23 heavy (non-hydrogen) atoms. The van der Waals surface area contributed by atoms with Crippen LogP contribution >= 0.6 is 22.9 Å². The number of anilines is 1. The molecule has 0 radical (unpaired) electrons. The summed E-state index contributed by atoms with van der Waals surface area (Å²) >= 11 is 7.76. The average Bonchev–Trinajstić information content (AvgIpc) is 2.96. The van der Waals surface area contributed by atoms with Gasteiger partial charge < -0.3 is 14.8 Å². The summed E-state index contributed by atoms with van der Waals surface area (Å²) in [6.45, 7) is 0.686. The number of nitrogens with one attached hydrogen (secondary N) is 1. The molecule has 0 fully saturated rings. The Kier molecular flexibility index (Phi) is 3.75. The predicted octanol–water partition coefficient (Wildman–Crippen LogP) is 4.89. The van der Waals surface area contributed by atoms with E-state index in [2.05, 4.69) is 10.3 Å². The van der Waals surface area contributed by atoms with E-state index in [-0.39, 0.29) is 6.04 Å². The number of methoxy groups -OCH3 is 1. The quantitative estimate of drug-likeness (QED) is 0.733. The summed E-state index contributed by atoms with van der Waals surface area (Å²) in [5.74, 6) is 1.73. The number of ether oxygens (including phenoxy) is 2. The normalized spacial score (nSPS) is 16.7. The lowest BCUT2D eigenvalue weighted by Gasteiger charge is -2.26. The smallest absolute Gasteiger partial charge is 0.184 e. The van der Waals surface area contributed by atoms with Crippen LogP contribution in [0.25, 0.3) is 10.2 Å². The number of aromatic nitrogens is 1. The van der Waals surface area contributed by atoms with Crippen LogP contribution in [-0.4, -0.2) is 18.7 Å². The first-order valence-electron chi connectivity index (χ1n) is 7.36. The zero-order chi connectivity index (χ0) is 15.8. The van der Waals surface area contributed by atoms with E-state index in [9.17, 15) is 0 Å². The maximum absolute atomic E-state index is 6.13. The van der Waals surface area contributed by atoms with E-state index in [4.69, 9.17) is 21.1 Å². The number of hydrogen-bond donors (Lipinski definition) is 1. The fourth-order valence-electron chi connectivity index (χ4n) is 2.76. The van der Waals surface area contributed by atoms with E-state index < -0.39 is 0 Å². The molecule has 2 aromatic carbocycles. The van der Waals surface area contributed by atoms with Crippen molar-refractivity contribution in [3.05, 3.63) is 47.0 Å². The van der Waals surface area contributed by atoms with Crippen LogP contribution < -0.4 is 14.8 Å². The van der Waals surface area contributed by atoms with Gasteiger partial charge in [-0.15, -0.1) is 0 Å². The van der Waals surface area contributed by atoms with Gasteiger partial charge in [0.1, 0.15) is 11.5 Å². The van der Waals surface area contributed by atoms with Gasteiger partial charge in [-0.25, -0.2) is 4.98 Å². The number of benzene rings is 2. The Balaban J connectivity index is 1.65. The van der Waals surface area contributed by atoms with Gasteiger partial charge in [0.05, 0.1) is 30.0 Å². The van der Waals surface area contributed by atoms with Crippen molar-refractivity contribution < 1.29 is 9.47 Å². The fraction of sp³-hybridized carbons (Fsp3) is 0.235. The summed E-state index contributed by atoms with van der Waals surface area (Å²) in [4.78, 5) is 4.66. The third-order valence-electron chi connectivity index (χ3n) is 3.90. The minimum atomic E-state index is 0.153. The number of nitrogens with zero attached hydrogens (tertiary/aromatic N) is 1. The van der Waals surface area contributed by atoms with Gasteiger partial charge >= 0.3 is 0 Å². The lowest BCUT2D eigenvalue weighted by atomic mass is 10.0. The predicted molar refractivity (Wildman–Crippen MR) is 94.1 cm³/mol. The Morgan fingerprint density at radius 3 is 3.09 bits per heavy atom. The largest absolute Gasteiger partial charge is 0.497 e. The first-order chi connectivity index (χ1) is 11.2. The van der Waals surface area contributed by atoms with Crippen LogP contribution in [0.15, 0.2) is 36.4 Å². The highest BCUT2D eigenvalue weighted by atomic mass is 35.5. The number of thiazole rings is 1. The zero-order valence-electron chi connectivity index (χ0n) is 12.5. The second kappa shape index (κ2) is 5.91. The monoisotopic (exact) mass is 346 g/mol. The molecule has 0 aliphatic carbocycles. The van der Waals surface area contributed by atoms with Gasteiger partial charge in [0.25, 0.3) is 0 Å². The van der Waals surface area contributed by atoms with Gasteiger partial charge in [-0.05, 0) is 36.4 Å². The molecule has 0 bridgehead atoms. The van der Waals surface area contributed by atoms with E-state index in [0.29, 0.717) is 6.61 Å². The maximum atomic E-state index is 6.13. The minimum absolute atomic E-state index is 0.153. The number of halogens is 1. The molecule has 4 rings (SSSR count). The maximum Gasteiger partial charge on any atom is 0.184 e. The van der Waals surface area contributed by atoms with Gasteiger partial charge in [-0.3, -0.25) is 0 Å². The third kappa shape index (κ3) is 2.82. The van der Waals surface area contributed by atoms with Gasteiger partial charge in [0.2, 0.25) is 0 Å². The van der Waals surface area contributed by atoms with Crippen molar-refractivity contribution in [2.75, 3.05) is 19.0 Å². The summed E-state index contributed by atoms with van der Waals surface area (Å²) in [6.07, 6.45) is 0.882. The first kappa shape index (κ1) is 14.6. The Labute approximate surface area is 143 Å². The highest BCUT2D eigenvalue weighted by Gasteiger charge is 2.22. The van der Waals surface area contributed by atoms with Gasteiger partial charge in [-0.2, -0.15) is 0 Å². The van der Waals surface area contributed by atoms with Crippen LogP contribution in [0.2, 0.25) is 5.02 Å². The Morgan fingerprint density at radius 2 is 2.22 bits per heavy atom. The molecule has 1 unspecified atom stereocenters. The molecule has 0 saturated carbocycles. The van der Waals surface area contributed by atoms with Crippen molar-refractivity contribution in [3.63, 3.8) is 0 Å².